The van der Waals surface area contributed by atoms with Crippen LogP contribution >= 0.6 is 34.8 Å². The van der Waals surface area contributed by atoms with Crippen molar-refractivity contribution in [3.63, 3.8) is 0 Å². The summed E-state index contributed by atoms with van der Waals surface area (Å²) in [5.74, 6) is -0.414. The van der Waals surface area contributed by atoms with Gasteiger partial charge in [-0.3, -0.25) is 4.18 Å². The zero-order valence-corrected chi connectivity index (χ0v) is 21.5. The van der Waals surface area contributed by atoms with Gasteiger partial charge in [-0.15, -0.1) is 0 Å². The summed E-state index contributed by atoms with van der Waals surface area (Å²) in [6.07, 6.45) is -0.0520. The third-order valence-electron chi connectivity index (χ3n) is 5.29. The molecule has 0 spiro atoms. The second-order valence-electron chi connectivity index (χ2n) is 8.10. The predicted molar refractivity (Wildman–Crippen MR) is 128 cm³/mol. The summed E-state index contributed by atoms with van der Waals surface area (Å²) < 4.78 is 50.4. The number of rotatable bonds is 9. The summed E-state index contributed by atoms with van der Waals surface area (Å²) in [5, 5.41) is 9.40. The first-order chi connectivity index (χ1) is 15.8. The highest BCUT2D eigenvalue weighted by molar-refractivity contribution is 7.84. The van der Waals surface area contributed by atoms with Crippen LogP contribution in [0.4, 0.5) is 4.39 Å². The molecule has 0 aromatic heterocycles. The lowest BCUT2D eigenvalue weighted by atomic mass is 9.81. The van der Waals surface area contributed by atoms with E-state index in [-0.39, 0.29) is 0 Å². The molecule has 0 aliphatic carbocycles. The lowest BCUT2D eigenvalue weighted by Crippen LogP contribution is -2.35. The molecule has 3 rings (SSSR count). The normalized spacial score (nSPS) is 20.4. The van der Waals surface area contributed by atoms with Crippen LogP contribution in [0.1, 0.15) is 41.3 Å². The van der Waals surface area contributed by atoms with Gasteiger partial charge in [-0.1, -0.05) is 53.0 Å². The van der Waals surface area contributed by atoms with Gasteiger partial charge in [0.2, 0.25) is 3.79 Å². The second kappa shape index (κ2) is 10.6. The van der Waals surface area contributed by atoms with Crippen molar-refractivity contribution in [2.75, 3.05) is 27.2 Å². The highest BCUT2D eigenvalue weighted by Gasteiger charge is 2.47. The Hall–Kier alpha value is -1.48. The van der Waals surface area contributed by atoms with Crippen LogP contribution in [0.5, 0.6) is 0 Å². The molecule has 2 aromatic rings. The molecule has 1 aliphatic rings. The van der Waals surface area contributed by atoms with E-state index in [0.29, 0.717) is 35.1 Å². The van der Waals surface area contributed by atoms with Crippen LogP contribution in [0.15, 0.2) is 42.5 Å². The zero-order valence-electron chi connectivity index (χ0n) is 18.4. The van der Waals surface area contributed by atoms with E-state index in [9.17, 15) is 18.1 Å². The molecule has 12 heteroatoms. The van der Waals surface area contributed by atoms with E-state index in [1.165, 1.54) is 12.1 Å². The first-order valence-corrected chi connectivity index (χ1v) is 12.8. The molecule has 0 bridgehead atoms. The molecule has 0 fully saturated rings. The standard InChI is InChI=1S/C22H23Cl3FN3O4S/c1-29(2)11-3-10-21(16-5-7-17(26)8-6-16)19-9-4-15(13-27)12-18(19)20(33-21)28-34(30,31)32-14-22(23,24)25/h4-9,12,20,28H,3,10-11,14H2,1-2H3. The van der Waals surface area contributed by atoms with E-state index in [1.54, 1.807) is 30.3 Å². The number of nitriles is 1. The van der Waals surface area contributed by atoms with E-state index in [4.69, 9.17) is 43.7 Å². The topological polar surface area (TPSA) is 91.7 Å². The van der Waals surface area contributed by atoms with Crippen LogP contribution in [-0.4, -0.2) is 44.4 Å². The van der Waals surface area contributed by atoms with Crippen molar-refractivity contribution in [1.82, 2.24) is 9.62 Å². The lowest BCUT2D eigenvalue weighted by Gasteiger charge is -2.32. The maximum atomic E-state index is 13.7. The van der Waals surface area contributed by atoms with E-state index in [1.807, 2.05) is 25.1 Å². The molecule has 1 aliphatic heterocycles. The number of benzene rings is 2. The molecule has 1 N–H and O–H groups in total. The first-order valence-electron chi connectivity index (χ1n) is 10.2. The third kappa shape index (κ3) is 6.59. The Morgan fingerprint density at radius 1 is 1.24 bits per heavy atom. The van der Waals surface area contributed by atoms with Gasteiger partial charge in [-0.2, -0.15) is 18.4 Å². The average Bonchev–Trinajstić information content (AvgIpc) is 3.05. The summed E-state index contributed by atoms with van der Waals surface area (Å²) in [4.78, 5) is 2.01. The molecule has 7 nitrogen and oxygen atoms in total. The van der Waals surface area contributed by atoms with Crippen LogP contribution in [0, 0.1) is 17.1 Å². The van der Waals surface area contributed by atoms with Gasteiger partial charge in [-0.25, -0.2) is 4.39 Å². The van der Waals surface area contributed by atoms with Gasteiger partial charge < -0.3 is 9.64 Å². The van der Waals surface area contributed by atoms with Gasteiger partial charge in [0.1, 0.15) is 18.0 Å². The maximum absolute atomic E-state index is 13.7. The SMILES string of the molecule is CN(C)CCCC1(c2ccc(F)cc2)OC(NS(=O)(=O)OCC(Cl)(Cl)Cl)c2cc(C#N)ccc21. The molecule has 0 saturated heterocycles. The molecule has 2 atom stereocenters. The number of nitrogens with one attached hydrogen (secondary N) is 1. The molecule has 2 unspecified atom stereocenters. The molecule has 1 heterocycles. The Bertz CT molecular complexity index is 1170. The lowest BCUT2D eigenvalue weighted by molar-refractivity contribution is -0.0616. The Balaban J connectivity index is 2.05. The van der Waals surface area contributed by atoms with Crippen molar-refractivity contribution in [3.8, 4) is 6.07 Å². The average molecular weight is 551 g/mol. The second-order valence-corrected chi connectivity index (χ2v) is 12.0. The van der Waals surface area contributed by atoms with Gasteiger partial charge in [0.05, 0.1) is 11.6 Å². The summed E-state index contributed by atoms with van der Waals surface area (Å²) in [7, 11) is -0.540. The van der Waals surface area contributed by atoms with E-state index in [0.717, 1.165) is 6.54 Å². The molecule has 184 valence electrons. The fourth-order valence-electron chi connectivity index (χ4n) is 3.87. The van der Waals surface area contributed by atoms with Crippen LogP contribution in [-0.2, 0) is 24.8 Å². The molecule has 34 heavy (non-hydrogen) atoms. The van der Waals surface area contributed by atoms with E-state index in [2.05, 4.69) is 4.72 Å². The predicted octanol–water partition coefficient (Wildman–Crippen LogP) is 4.53. The smallest absolute Gasteiger partial charge is 0.338 e. The minimum absolute atomic E-state index is 0.317. The fourth-order valence-corrected chi connectivity index (χ4v) is 5.06. The molecule has 0 amide bonds. The van der Waals surface area contributed by atoms with Gasteiger partial charge >= 0.3 is 10.3 Å². The largest absolute Gasteiger partial charge is 0.342 e. The van der Waals surface area contributed by atoms with E-state index >= 15 is 0 Å². The summed E-state index contributed by atoms with van der Waals surface area (Å²) in [6.45, 7) is 0.0252. The van der Waals surface area contributed by atoms with Gasteiger partial charge in [0.25, 0.3) is 0 Å². The van der Waals surface area contributed by atoms with Crippen LogP contribution in [0.2, 0.25) is 0 Å². The van der Waals surface area contributed by atoms with Crippen LogP contribution in [0.25, 0.3) is 0 Å². The van der Waals surface area contributed by atoms with Gasteiger partial charge in [0.15, 0.2) is 6.23 Å². The Kier molecular flexibility index (Phi) is 8.49. The number of alkyl halides is 3. The molecule has 0 saturated carbocycles. The maximum Gasteiger partial charge on any atom is 0.338 e. The van der Waals surface area contributed by atoms with Crippen molar-refractivity contribution in [3.05, 3.63) is 70.5 Å². The van der Waals surface area contributed by atoms with Crippen molar-refractivity contribution in [2.45, 2.75) is 28.5 Å². The number of hydrogen-bond acceptors (Lipinski definition) is 6. The van der Waals surface area contributed by atoms with Gasteiger partial charge in [-0.05, 0) is 68.9 Å². The minimum Gasteiger partial charge on any atom is -0.342 e. The van der Waals surface area contributed by atoms with Crippen molar-refractivity contribution in [2.24, 2.45) is 0 Å². The van der Waals surface area contributed by atoms with Crippen molar-refractivity contribution in [1.29, 1.82) is 5.26 Å². The quantitative estimate of drug-likeness (QED) is 0.461. The fraction of sp³-hybridized carbons (Fsp3) is 0.409. The Labute approximate surface area is 213 Å². The third-order valence-corrected chi connectivity index (χ3v) is 6.55. The molecule has 2 aromatic carbocycles. The monoisotopic (exact) mass is 549 g/mol. The van der Waals surface area contributed by atoms with Gasteiger partial charge in [0, 0.05) is 5.56 Å². The minimum atomic E-state index is -4.41. The highest BCUT2D eigenvalue weighted by atomic mass is 35.6. The van der Waals surface area contributed by atoms with Crippen molar-refractivity contribution >= 4 is 45.1 Å². The Morgan fingerprint density at radius 3 is 2.50 bits per heavy atom. The molecular formula is C22H23Cl3FN3O4S. The summed E-state index contributed by atoms with van der Waals surface area (Å²) >= 11 is 16.8. The number of hydrogen-bond donors (Lipinski definition) is 1. The summed E-state index contributed by atoms with van der Waals surface area (Å²) in [5.41, 5.74) is 0.954. The zero-order chi connectivity index (χ0) is 25.1. The molecule has 0 radical (unpaired) electrons. The highest BCUT2D eigenvalue weighted by Crippen LogP contribution is 2.50. The number of fused-ring (bicyclic) bond motifs is 1. The van der Waals surface area contributed by atoms with Crippen LogP contribution < -0.4 is 4.72 Å². The summed E-state index contributed by atoms with van der Waals surface area (Å²) in [6, 6.07) is 12.8. The van der Waals surface area contributed by atoms with Crippen LogP contribution in [0.3, 0.4) is 0 Å². The number of halogens is 4. The molecular weight excluding hydrogens is 528 g/mol. The van der Waals surface area contributed by atoms with Crippen molar-refractivity contribution < 1.29 is 21.7 Å². The first kappa shape index (κ1) is 27.1. The number of nitrogens with zero attached hydrogens (tertiary/aromatic N) is 2. The number of ether oxygens (including phenoxy) is 1. The van der Waals surface area contributed by atoms with E-state index < -0.39 is 38.3 Å². The Morgan fingerprint density at radius 2 is 1.91 bits per heavy atom.